The highest BCUT2D eigenvalue weighted by molar-refractivity contribution is 7.12. The molecule has 8 bridgehead atoms. The maximum absolute atomic E-state index is 10.8. The highest BCUT2D eigenvalue weighted by atomic mass is 28.6. The number of phenolic OH excluding ortho intramolecular Hbond substituents is 2. The third-order valence-corrected chi connectivity index (χ3v) is 61.3. The number of phenols is 2. The molecule has 6 aliphatic rings. The summed E-state index contributed by atoms with van der Waals surface area (Å²) < 4.78 is 132. The fourth-order valence-corrected chi connectivity index (χ4v) is 69.9. The number of methoxy groups -OCH3 is 2. The second kappa shape index (κ2) is 26.8. The number of hydrogen-bond acceptors (Lipinski definition) is 18. The normalized spacial score (nSPS) is 30.4. The van der Waals surface area contributed by atoms with E-state index in [0.29, 0.717) is 78.7 Å². The third-order valence-electron chi connectivity index (χ3n) is 17.8. The first-order valence-electron chi connectivity index (χ1n) is 32.6. The summed E-state index contributed by atoms with van der Waals surface area (Å²) in [5, 5.41) is 25.6. The van der Waals surface area contributed by atoms with E-state index in [9.17, 15) is 10.2 Å². The molecule has 0 atom stereocenters. The van der Waals surface area contributed by atoms with Gasteiger partial charge in [-0.3, -0.25) is 0 Å². The third kappa shape index (κ3) is 12.7. The summed E-state index contributed by atoms with van der Waals surface area (Å²) in [4.78, 5) is 0. The lowest BCUT2D eigenvalue weighted by Crippen LogP contribution is -2.93. The summed E-state index contributed by atoms with van der Waals surface area (Å²) in [6.07, 6.45) is 1.92. The van der Waals surface area contributed by atoms with Gasteiger partial charge in [-0.15, -0.1) is 0 Å². The Morgan fingerprint density at radius 2 is 0.439 bits per heavy atom. The van der Waals surface area contributed by atoms with Crippen LogP contribution in [-0.2, 0) is 70.5 Å². The molecule has 6 saturated heterocycles. The van der Waals surface area contributed by atoms with Crippen LogP contribution >= 0.6 is 0 Å². The van der Waals surface area contributed by atoms with Crippen molar-refractivity contribution in [2.45, 2.75) is 50.9 Å². The molecule has 6 fully saturated rings. The number of aryl methyl sites for hydroxylation is 2. The van der Waals surface area contributed by atoms with Crippen LogP contribution in [0.2, 0.25) is 25.2 Å². The Morgan fingerprint density at radius 3 is 0.622 bits per heavy atom. The van der Waals surface area contributed by atoms with Crippen LogP contribution in [0.3, 0.4) is 0 Å². The largest absolute Gasteiger partial charge is 0.515 e. The zero-order valence-corrected chi connectivity index (χ0v) is 64.2. The van der Waals surface area contributed by atoms with E-state index in [0.717, 1.165) is 11.1 Å². The van der Waals surface area contributed by atoms with Crippen molar-refractivity contribution in [1.82, 2.24) is 0 Å². The van der Waals surface area contributed by atoms with Crippen LogP contribution in [0.1, 0.15) is 24.0 Å². The highest BCUT2D eigenvalue weighted by Crippen LogP contribution is 2.48. The number of aromatic hydroxyl groups is 2. The van der Waals surface area contributed by atoms with Gasteiger partial charge in [0.25, 0.3) is 0 Å². The maximum atomic E-state index is 10.8. The van der Waals surface area contributed by atoms with Crippen LogP contribution in [0.5, 0.6) is 23.0 Å². The summed E-state index contributed by atoms with van der Waals surface area (Å²) in [7, 11) is -47.3. The maximum Gasteiger partial charge on any atom is 0.515 e. The minimum atomic E-state index is -5.31. The molecule has 18 nitrogen and oxygen atoms in total. The van der Waals surface area contributed by atoms with E-state index in [1.165, 1.54) is 14.2 Å². The van der Waals surface area contributed by atoms with Crippen LogP contribution in [0.15, 0.2) is 279 Å². The predicted molar refractivity (Wildman–Crippen MR) is 389 cm³/mol. The molecule has 0 amide bonds. The summed E-state index contributed by atoms with van der Waals surface area (Å²) in [5.41, 5.74) is 1.80. The van der Waals surface area contributed by atoms with Gasteiger partial charge in [-0.05, 0) is 86.3 Å². The molecular weight excluding hydrogens is 1410 g/mol. The number of rotatable bonds is 18. The molecule has 28 heteroatoms. The van der Waals surface area contributed by atoms with E-state index in [4.69, 9.17) is 67.1 Å². The zero-order valence-electron chi connectivity index (χ0n) is 54.2. The molecule has 16 rings (SSSR count). The minimum Gasteiger partial charge on any atom is -0.504 e. The number of ether oxygens (including phenoxy) is 2. The van der Waals surface area contributed by atoms with E-state index in [-0.39, 0.29) is 23.6 Å². The van der Waals surface area contributed by atoms with Crippen LogP contribution in [0.4, 0.5) is 0 Å². The van der Waals surface area contributed by atoms with Crippen molar-refractivity contribution in [3.8, 4) is 23.0 Å². The SMILES string of the molecule is COc1cc(CCC[Si]2(C)O[Si]3(c4ccccc4)O[Si]4(c5ccccc5)O[Si]5(c6ccccc6)O[Si](C)(CCCc6ccc(O)c(OC)c6)O[Si]6(c7ccccc7)O[Si](c7ccccc7)(O[Si](c7ccccc7)(O2)O[Si](c2ccccc2)(O6)O[Si](c2ccccc2)(O3)O5)O4)ccc1O. The predicted octanol–water partition coefficient (Wildman–Crippen LogP) is 7.89. The second-order valence-corrected chi connectivity index (χ2v) is 55.3. The Labute approximate surface area is 580 Å². The fraction of sp³-hybridized carbons (Fsp3) is 0.143. The monoisotopic (exact) mass is 1480 g/mol. The lowest BCUT2D eigenvalue weighted by molar-refractivity contribution is 0.0252. The molecule has 500 valence electrons. The topological polar surface area (TPSA) is 188 Å². The van der Waals surface area contributed by atoms with Crippen molar-refractivity contribution in [1.29, 1.82) is 0 Å². The van der Waals surface area contributed by atoms with E-state index in [1.807, 2.05) is 280 Å². The van der Waals surface area contributed by atoms with Crippen molar-refractivity contribution in [2.75, 3.05) is 14.2 Å². The Morgan fingerprint density at radius 1 is 0.255 bits per heavy atom. The van der Waals surface area contributed by atoms with Gasteiger partial charge in [-0.2, -0.15) is 0 Å². The first-order chi connectivity index (χ1) is 47.6. The van der Waals surface area contributed by atoms with Crippen LogP contribution in [-0.4, -0.2) is 112 Å². The lowest BCUT2D eigenvalue weighted by atomic mass is 10.1. The van der Waals surface area contributed by atoms with Crippen molar-refractivity contribution < 1.29 is 77.3 Å². The Kier molecular flexibility index (Phi) is 18.3. The Hall–Kier alpha value is -6.99. The molecule has 0 saturated carbocycles. The van der Waals surface area contributed by atoms with Crippen molar-refractivity contribution >= 4 is 129 Å². The summed E-state index contributed by atoms with van der Waals surface area (Å²) in [5.74, 6) is 0.734. The summed E-state index contributed by atoms with van der Waals surface area (Å²) in [6.45, 7) is 4.04. The van der Waals surface area contributed by atoms with Crippen LogP contribution in [0.25, 0.3) is 0 Å². The lowest BCUT2D eigenvalue weighted by Gasteiger charge is -2.61. The Balaban J connectivity index is 1.13. The number of hydrogen-bond donors (Lipinski definition) is 2. The molecule has 6 aliphatic heterocycles. The molecule has 6 heterocycles. The van der Waals surface area contributed by atoms with Gasteiger partial charge < -0.3 is 77.3 Å². The molecule has 0 aliphatic carbocycles. The molecule has 0 unspecified atom stereocenters. The summed E-state index contributed by atoms with van der Waals surface area (Å²) in [6, 6.07) is 88.6. The van der Waals surface area contributed by atoms with E-state index in [1.54, 1.807) is 12.1 Å². The zero-order chi connectivity index (χ0) is 67.2. The average molecular weight is 1480 g/mol. The molecule has 10 aromatic rings. The average Bonchev–Trinajstić information content (AvgIpc) is 0.677. The first-order valence-corrected chi connectivity index (χ1v) is 51.4. The van der Waals surface area contributed by atoms with Gasteiger partial charge in [-0.1, -0.05) is 255 Å². The van der Waals surface area contributed by atoms with Gasteiger partial charge in [-0.25, -0.2) is 0 Å². The molecular formula is C70H72O18Si10. The Bertz CT molecular complexity index is 3890. The summed E-state index contributed by atoms with van der Waals surface area (Å²) >= 11 is 0. The smallest absolute Gasteiger partial charge is 0.504 e. The molecule has 10 aromatic carbocycles. The van der Waals surface area contributed by atoms with Gasteiger partial charge in [0.15, 0.2) is 23.0 Å². The molecule has 0 spiro atoms. The van der Waals surface area contributed by atoms with Crippen molar-refractivity contribution in [3.05, 3.63) is 290 Å². The quantitative estimate of drug-likeness (QED) is 0.0789. The van der Waals surface area contributed by atoms with Gasteiger partial charge in [0, 0.05) is 41.5 Å². The van der Waals surface area contributed by atoms with Gasteiger partial charge in [0.2, 0.25) is 0 Å². The number of fused-ring (bicyclic) bond motifs is 4. The van der Waals surface area contributed by atoms with Gasteiger partial charge in [0.1, 0.15) is 0 Å². The minimum absolute atomic E-state index is 0.0236. The fourth-order valence-electron chi connectivity index (χ4n) is 13.2. The number of benzene rings is 10. The highest BCUT2D eigenvalue weighted by Gasteiger charge is 2.83. The molecule has 98 heavy (non-hydrogen) atoms. The first kappa shape index (κ1) is 66.9. The van der Waals surface area contributed by atoms with Crippen molar-refractivity contribution in [2.24, 2.45) is 0 Å². The van der Waals surface area contributed by atoms with Gasteiger partial charge in [0.05, 0.1) is 14.2 Å². The van der Waals surface area contributed by atoms with Crippen LogP contribution < -0.4 is 51.0 Å². The molecule has 2 N–H and O–H groups in total. The van der Waals surface area contributed by atoms with E-state index >= 15 is 0 Å². The molecule has 0 radical (unpaired) electrons. The van der Waals surface area contributed by atoms with Gasteiger partial charge >= 0.3 is 87.6 Å². The van der Waals surface area contributed by atoms with Crippen LogP contribution in [0, 0.1) is 0 Å². The van der Waals surface area contributed by atoms with E-state index < -0.39 is 87.6 Å². The second-order valence-electron chi connectivity index (χ2n) is 24.8. The van der Waals surface area contributed by atoms with E-state index in [2.05, 4.69) is 0 Å². The standard InChI is InChI=1S/C70H72O18Si10/c1-73-69-55-57(49-51-67(69)71)31-29-53-89(3)75-91(59-33-13-5-14-34-59)79-95(63-41-21-9-22-42-63)83-93(61-37-17-7-18-38-61)77-90(4,54-30-32-58-50-52-68(72)70(56-58)74-2)78-94(62-39-19-8-20-40-62)85-97(87-95,65-45-25-11-26-46-65)81-92(76-89,60-35-15-6-16-36-60)82-98(86-94,66-47-27-12-28-48-66)88-96(80-91,84-93)64-43-23-10-24-44-64/h5-28,33-52,55-56,71-72H,29-32,53-54H2,1-4H3. The molecule has 0 aromatic heterocycles. The van der Waals surface area contributed by atoms with Crippen molar-refractivity contribution in [3.63, 3.8) is 0 Å².